The summed E-state index contributed by atoms with van der Waals surface area (Å²) in [4.78, 5) is 12.5. The van der Waals surface area contributed by atoms with Crippen LogP contribution >= 0.6 is 22.9 Å². The van der Waals surface area contributed by atoms with Gasteiger partial charge in [0.25, 0.3) is 0 Å². The van der Waals surface area contributed by atoms with Gasteiger partial charge in [0.2, 0.25) is 0 Å². The highest BCUT2D eigenvalue weighted by atomic mass is 35.5. The van der Waals surface area contributed by atoms with Gasteiger partial charge in [-0.15, -0.1) is 11.3 Å². The van der Waals surface area contributed by atoms with E-state index in [9.17, 15) is 4.79 Å². The van der Waals surface area contributed by atoms with Crippen molar-refractivity contribution in [1.29, 1.82) is 0 Å². The fourth-order valence-electron chi connectivity index (χ4n) is 1.74. The summed E-state index contributed by atoms with van der Waals surface area (Å²) in [6.45, 7) is 1.75. The molecule has 1 unspecified atom stereocenters. The molecule has 0 bridgehead atoms. The molecule has 4 nitrogen and oxygen atoms in total. The quantitative estimate of drug-likeness (QED) is 0.861. The van der Waals surface area contributed by atoms with Crippen LogP contribution in [-0.4, -0.2) is 19.1 Å². The lowest BCUT2D eigenvalue weighted by molar-refractivity contribution is -0.142. The summed E-state index contributed by atoms with van der Waals surface area (Å²) in [6.07, 6.45) is 1.60. The molecule has 0 spiro atoms. The number of thiophene rings is 1. The van der Waals surface area contributed by atoms with E-state index in [1.807, 2.05) is 24.3 Å². The highest BCUT2D eigenvalue weighted by molar-refractivity contribution is 7.16. The Hall–Kier alpha value is -1.30. The first kappa shape index (κ1) is 14.1. The summed E-state index contributed by atoms with van der Waals surface area (Å²) < 4.78 is 10.8. The maximum atomic E-state index is 11.5. The number of carbonyl (C=O) groups is 1. The molecule has 0 aliphatic rings. The van der Waals surface area contributed by atoms with Gasteiger partial charge in [-0.25, -0.2) is 0 Å². The fraction of sp³-hybridized carbons (Fsp3) is 0.308. The largest absolute Gasteiger partial charge is 0.468 e. The van der Waals surface area contributed by atoms with Crippen molar-refractivity contribution >= 4 is 28.9 Å². The predicted molar refractivity (Wildman–Crippen MR) is 74.5 cm³/mol. The van der Waals surface area contributed by atoms with Crippen LogP contribution < -0.4 is 5.32 Å². The van der Waals surface area contributed by atoms with Gasteiger partial charge in [0, 0.05) is 4.88 Å². The molecule has 0 saturated heterocycles. The fourth-order valence-corrected chi connectivity index (χ4v) is 2.87. The van der Waals surface area contributed by atoms with Crippen molar-refractivity contribution in [2.75, 3.05) is 7.11 Å². The molecule has 2 aromatic rings. The topological polar surface area (TPSA) is 51.5 Å². The lowest BCUT2D eigenvalue weighted by Gasteiger charge is -2.19. The van der Waals surface area contributed by atoms with E-state index in [-0.39, 0.29) is 12.0 Å². The number of esters is 1. The Morgan fingerprint density at radius 3 is 2.79 bits per heavy atom. The van der Waals surface area contributed by atoms with Gasteiger partial charge in [0.15, 0.2) is 0 Å². The number of nitrogens with one attached hydrogen (secondary N) is 1. The third-order valence-electron chi connectivity index (χ3n) is 2.68. The molecule has 0 saturated carbocycles. The number of hydrogen-bond acceptors (Lipinski definition) is 5. The number of halogens is 1. The van der Waals surface area contributed by atoms with Gasteiger partial charge in [-0.3, -0.25) is 10.1 Å². The van der Waals surface area contributed by atoms with Crippen LogP contribution in [0.15, 0.2) is 34.9 Å². The average Bonchev–Trinajstić information content (AvgIpc) is 3.06. The molecule has 2 atom stereocenters. The van der Waals surface area contributed by atoms with Crippen molar-refractivity contribution in [3.05, 3.63) is 45.5 Å². The molecular weight excluding hydrogens is 286 g/mol. The Bertz CT molecular complexity index is 538. The summed E-state index contributed by atoms with van der Waals surface area (Å²) in [5, 5.41) is 3.18. The lowest BCUT2D eigenvalue weighted by atomic mass is 10.1. The lowest BCUT2D eigenvalue weighted by Crippen LogP contribution is -2.37. The smallest absolute Gasteiger partial charge is 0.322 e. The van der Waals surface area contributed by atoms with Crippen molar-refractivity contribution < 1.29 is 13.9 Å². The van der Waals surface area contributed by atoms with Crippen LogP contribution in [0.1, 0.15) is 23.6 Å². The van der Waals surface area contributed by atoms with Crippen molar-refractivity contribution in [2.45, 2.75) is 19.0 Å². The number of methoxy groups -OCH3 is 1. The van der Waals surface area contributed by atoms with E-state index in [1.165, 1.54) is 18.4 Å². The second-order valence-corrected chi connectivity index (χ2v) is 5.75. The molecule has 0 radical (unpaired) electrons. The molecule has 0 aliphatic heterocycles. The molecule has 2 aromatic heterocycles. The summed E-state index contributed by atoms with van der Waals surface area (Å²) >= 11 is 7.41. The number of ether oxygens (including phenoxy) is 1. The van der Waals surface area contributed by atoms with E-state index in [1.54, 1.807) is 13.2 Å². The normalized spacial score (nSPS) is 14.1. The van der Waals surface area contributed by atoms with Gasteiger partial charge in [0.05, 0.1) is 17.7 Å². The van der Waals surface area contributed by atoms with Gasteiger partial charge >= 0.3 is 5.97 Å². The van der Waals surface area contributed by atoms with Gasteiger partial charge in [0.1, 0.15) is 17.8 Å². The zero-order valence-corrected chi connectivity index (χ0v) is 12.1. The Kier molecular flexibility index (Phi) is 4.63. The maximum Gasteiger partial charge on any atom is 0.322 e. The third-order valence-corrected chi connectivity index (χ3v) is 3.97. The van der Waals surface area contributed by atoms with Gasteiger partial charge in [-0.2, -0.15) is 0 Å². The van der Waals surface area contributed by atoms with Crippen LogP contribution in [0.5, 0.6) is 0 Å². The Morgan fingerprint density at radius 2 is 2.26 bits per heavy atom. The zero-order chi connectivity index (χ0) is 13.8. The third kappa shape index (κ3) is 3.37. The molecule has 19 heavy (non-hydrogen) atoms. The second-order valence-electron chi connectivity index (χ2n) is 4.00. The van der Waals surface area contributed by atoms with Gasteiger partial charge in [-0.1, -0.05) is 11.6 Å². The Balaban J connectivity index is 2.23. The molecule has 0 amide bonds. The molecule has 102 valence electrons. The number of carbonyl (C=O) groups excluding carboxylic acids is 1. The number of rotatable bonds is 5. The molecular formula is C13H14ClNO3S. The van der Waals surface area contributed by atoms with E-state index >= 15 is 0 Å². The molecule has 2 rings (SSSR count). The zero-order valence-electron chi connectivity index (χ0n) is 10.6. The van der Waals surface area contributed by atoms with Crippen LogP contribution in [0.4, 0.5) is 0 Å². The van der Waals surface area contributed by atoms with Crippen LogP contribution in [0.3, 0.4) is 0 Å². The SMILES string of the molecule is COC(=O)[C@H](C)NC(c1ccco1)c1ccc(Cl)s1. The second kappa shape index (κ2) is 6.23. The minimum Gasteiger partial charge on any atom is -0.468 e. The highest BCUT2D eigenvalue weighted by Gasteiger charge is 2.24. The molecule has 0 fully saturated rings. The standard InChI is InChI=1S/C13H14ClNO3S/c1-8(13(16)17-2)15-12(9-4-3-7-18-9)10-5-6-11(14)19-10/h3-8,12,15H,1-2H3/t8-,12?/m0/s1. The Morgan fingerprint density at radius 1 is 1.47 bits per heavy atom. The number of hydrogen-bond donors (Lipinski definition) is 1. The van der Waals surface area contributed by atoms with Crippen LogP contribution in [0, 0.1) is 0 Å². The first-order valence-corrected chi connectivity index (χ1v) is 6.93. The number of furan rings is 1. The Labute approximate surface area is 120 Å². The first-order chi connectivity index (χ1) is 9.11. The van der Waals surface area contributed by atoms with Gasteiger partial charge in [-0.05, 0) is 31.2 Å². The van der Waals surface area contributed by atoms with E-state index in [2.05, 4.69) is 5.32 Å². The molecule has 1 N–H and O–H groups in total. The van der Waals surface area contributed by atoms with Crippen molar-refractivity contribution in [1.82, 2.24) is 5.32 Å². The minimum absolute atomic E-state index is 0.221. The van der Waals surface area contributed by atoms with E-state index in [4.69, 9.17) is 20.8 Å². The first-order valence-electron chi connectivity index (χ1n) is 5.74. The van der Waals surface area contributed by atoms with E-state index in [0.29, 0.717) is 4.34 Å². The van der Waals surface area contributed by atoms with Crippen molar-refractivity contribution in [3.8, 4) is 0 Å². The van der Waals surface area contributed by atoms with Crippen LogP contribution in [-0.2, 0) is 9.53 Å². The van der Waals surface area contributed by atoms with Gasteiger partial charge < -0.3 is 9.15 Å². The molecule has 2 heterocycles. The molecule has 0 aromatic carbocycles. The summed E-state index contributed by atoms with van der Waals surface area (Å²) in [7, 11) is 1.37. The van der Waals surface area contributed by atoms with Crippen LogP contribution in [0.25, 0.3) is 0 Å². The molecule has 0 aliphatic carbocycles. The molecule has 6 heteroatoms. The minimum atomic E-state index is -0.444. The highest BCUT2D eigenvalue weighted by Crippen LogP contribution is 2.31. The monoisotopic (exact) mass is 299 g/mol. The van der Waals surface area contributed by atoms with E-state index < -0.39 is 6.04 Å². The average molecular weight is 300 g/mol. The summed E-state index contributed by atoms with van der Waals surface area (Å²) in [6, 6.07) is 6.74. The van der Waals surface area contributed by atoms with Crippen molar-refractivity contribution in [2.24, 2.45) is 0 Å². The van der Waals surface area contributed by atoms with Crippen LogP contribution in [0.2, 0.25) is 4.34 Å². The van der Waals surface area contributed by atoms with Crippen molar-refractivity contribution in [3.63, 3.8) is 0 Å². The summed E-state index contributed by atoms with van der Waals surface area (Å²) in [5.74, 6) is 0.411. The predicted octanol–water partition coefficient (Wildman–Crippen LogP) is 3.24. The van der Waals surface area contributed by atoms with E-state index in [0.717, 1.165) is 10.6 Å². The summed E-state index contributed by atoms with van der Waals surface area (Å²) in [5.41, 5.74) is 0. The maximum absolute atomic E-state index is 11.5.